The summed E-state index contributed by atoms with van der Waals surface area (Å²) in [6, 6.07) is 6.32. The Bertz CT molecular complexity index is 727. The maximum absolute atomic E-state index is 12.5. The zero-order valence-electron chi connectivity index (χ0n) is 15.6. The predicted molar refractivity (Wildman–Crippen MR) is 102 cm³/mol. The fourth-order valence-electron chi connectivity index (χ4n) is 3.78. The summed E-state index contributed by atoms with van der Waals surface area (Å²) < 4.78 is 26.6. The van der Waals surface area contributed by atoms with Crippen LogP contribution in [-0.4, -0.2) is 55.8 Å². The summed E-state index contributed by atoms with van der Waals surface area (Å²) in [5.74, 6) is 0.573. The van der Waals surface area contributed by atoms with Crippen LogP contribution >= 0.6 is 0 Å². The van der Waals surface area contributed by atoms with E-state index in [1.807, 2.05) is 6.92 Å². The number of nitrogens with zero attached hydrogens (tertiary/aromatic N) is 2. The quantitative estimate of drug-likeness (QED) is 0.853. The third-order valence-electron chi connectivity index (χ3n) is 5.44. The molecule has 0 aliphatic carbocycles. The highest BCUT2D eigenvalue weighted by atomic mass is 32.2. The van der Waals surface area contributed by atoms with Crippen molar-refractivity contribution in [1.29, 1.82) is 0 Å². The van der Waals surface area contributed by atoms with E-state index >= 15 is 0 Å². The molecule has 3 rings (SSSR count). The van der Waals surface area contributed by atoms with Gasteiger partial charge in [-0.2, -0.15) is 4.31 Å². The molecule has 1 aromatic rings. The maximum Gasteiger partial charge on any atom is 0.243 e. The van der Waals surface area contributed by atoms with Crippen molar-refractivity contribution in [2.24, 2.45) is 5.92 Å². The van der Waals surface area contributed by atoms with Gasteiger partial charge in [0, 0.05) is 25.3 Å². The Labute approximate surface area is 156 Å². The molecule has 0 unspecified atom stereocenters. The Morgan fingerprint density at radius 1 is 1.12 bits per heavy atom. The van der Waals surface area contributed by atoms with Gasteiger partial charge in [0.2, 0.25) is 15.9 Å². The van der Waals surface area contributed by atoms with E-state index in [9.17, 15) is 13.2 Å². The van der Waals surface area contributed by atoms with E-state index in [0.29, 0.717) is 24.7 Å². The first-order valence-electron chi connectivity index (χ1n) is 9.53. The maximum atomic E-state index is 12.5. The fraction of sp³-hybridized carbons (Fsp3) is 0.632. The van der Waals surface area contributed by atoms with Crippen molar-refractivity contribution in [2.45, 2.75) is 50.5 Å². The van der Waals surface area contributed by atoms with E-state index in [1.54, 1.807) is 24.3 Å². The largest absolute Gasteiger partial charge is 0.325 e. The normalized spacial score (nSPS) is 23.7. The third kappa shape index (κ3) is 4.27. The molecule has 2 aliphatic heterocycles. The minimum Gasteiger partial charge on any atom is -0.325 e. The lowest BCUT2D eigenvalue weighted by atomic mass is 9.99. The number of piperidine rings is 1. The Morgan fingerprint density at radius 2 is 1.77 bits per heavy atom. The van der Waals surface area contributed by atoms with E-state index in [0.717, 1.165) is 32.4 Å². The van der Waals surface area contributed by atoms with Gasteiger partial charge in [0.05, 0.1) is 10.9 Å². The summed E-state index contributed by atoms with van der Waals surface area (Å²) in [6.45, 7) is 7.22. The summed E-state index contributed by atoms with van der Waals surface area (Å²) in [5.41, 5.74) is 0.632. The van der Waals surface area contributed by atoms with Gasteiger partial charge in [-0.15, -0.1) is 0 Å². The summed E-state index contributed by atoms with van der Waals surface area (Å²) in [6.07, 6.45) is 4.18. The minimum absolute atomic E-state index is 0.0470. The molecular formula is C19H29N3O3S. The Kier molecular flexibility index (Phi) is 5.99. The van der Waals surface area contributed by atoms with Crippen LogP contribution in [0.4, 0.5) is 5.69 Å². The first-order valence-corrected chi connectivity index (χ1v) is 11.0. The molecule has 26 heavy (non-hydrogen) atoms. The molecule has 6 nitrogen and oxygen atoms in total. The van der Waals surface area contributed by atoms with Gasteiger partial charge in [-0.25, -0.2) is 8.42 Å². The Balaban J connectivity index is 1.62. The number of nitrogens with one attached hydrogen (secondary N) is 1. The summed E-state index contributed by atoms with van der Waals surface area (Å²) in [5, 5.41) is 2.91. The van der Waals surface area contributed by atoms with Gasteiger partial charge in [0.1, 0.15) is 0 Å². The lowest BCUT2D eigenvalue weighted by Gasteiger charge is -2.34. The van der Waals surface area contributed by atoms with E-state index < -0.39 is 10.0 Å². The molecule has 144 valence electrons. The van der Waals surface area contributed by atoms with Crippen LogP contribution in [0.5, 0.6) is 0 Å². The number of amides is 1. The molecule has 0 bridgehead atoms. The zero-order chi connectivity index (χ0) is 18.7. The molecule has 2 fully saturated rings. The number of likely N-dealkylation sites (tertiary alicyclic amines) is 1. The Morgan fingerprint density at radius 3 is 2.38 bits per heavy atom. The number of carbonyl (C=O) groups excluding carboxylic acids is 1. The second kappa shape index (κ2) is 8.06. The molecule has 2 aliphatic rings. The van der Waals surface area contributed by atoms with Crippen molar-refractivity contribution in [2.75, 3.05) is 31.5 Å². The molecule has 0 radical (unpaired) electrons. The smallest absolute Gasteiger partial charge is 0.243 e. The molecule has 0 spiro atoms. The van der Waals surface area contributed by atoms with Gasteiger partial charge < -0.3 is 5.32 Å². The monoisotopic (exact) mass is 379 g/mol. The summed E-state index contributed by atoms with van der Waals surface area (Å²) in [4.78, 5) is 15.0. The first-order chi connectivity index (χ1) is 12.4. The van der Waals surface area contributed by atoms with Crippen LogP contribution in [0, 0.1) is 5.92 Å². The molecule has 2 saturated heterocycles. The fourth-order valence-corrected chi connectivity index (χ4v) is 5.29. The van der Waals surface area contributed by atoms with E-state index in [-0.39, 0.29) is 16.8 Å². The van der Waals surface area contributed by atoms with E-state index in [4.69, 9.17) is 0 Å². The van der Waals surface area contributed by atoms with E-state index in [1.165, 1.54) is 10.7 Å². The van der Waals surface area contributed by atoms with Crippen molar-refractivity contribution in [3.05, 3.63) is 24.3 Å². The number of hydrogen-bond acceptors (Lipinski definition) is 4. The predicted octanol–water partition coefficient (Wildman–Crippen LogP) is 2.53. The molecule has 1 aromatic carbocycles. The number of carbonyl (C=O) groups is 1. The topological polar surface area (TPSA) is 69.7 Å². The van der Waals surface area contributed by atoms with Crippen molar-refractivity contribution in [1.82, 2.24) is 9.21 Å². The van der Waals surface area contributed by atoms with Crippen molar-refractivity contribution >= 4 is 21.6 Å². The summed E-state index contributed by atoms with van der Waals surface area (Å²) >= 11 is 0. The van der Waals surface area contributed by atoms with Crippen molar-refractivity contribution < 1.29 is 13.2 Å². The molecule has 2 heterocycles. The SMILES string of the molecule is C[C@H]1CCCN([C@@H](C)C(=O)Nc2ccc(S(=O)(=O)N3CCCC3)cc2)C1. The lowest BCUT2D eigenvalue weighted by molar-refractivity contribution is -0.121. The zero-order valence-corrected chi connectivity index (χ0v) is 16.5. The van der Waals surface area contributed by atoms with Crippen molar-refractivity contribution in [3.8, 4) is 0 Å². The van der Waals surface area contributed by atoms with Gasteiger partial charge >= 0.3 is 0 Å². The van der Waals surface area contributed by atoms with Crippen molar-refractivity contribution in [3.63, 3.8) is 0 Å². The highest BCUT2D eigenvalue weighted by Gasteiger charge is 2.28. The lowest BCUT2D eigenvalue weighted by Crippen LogP contribution is -2.46. The highest BCUT2D eigenvalue weighted by molar-refractivity contribution is 7.89. The average molecular weight is 380 g/mol. The highest BCUT2D eigenvalue weighted by Crippen LogP contribution is 2.23. The van der Waals surface area contributed by atoms with E-state index in [2.05, 4.69) is 17.1 Å². The third-order valence-corrected chi connectivity index (χ3v) is 7.35. The number of sulfonamides is 1. The van der Waals surface area contributed by atoms with Crippen LogP contribution in [0.3, 0.4) is 0 Å². The van der Waals surface area contributed by atoms with Crippen LogP contribution in [-0.2, 0) is 14.8 Å². The molecular weight excluding hydrogens is 350 g/mol. The molecule has 0 aromatic heterocycles. The molecule has 1 amide bonds. The van der Waals surface area contributed by atoms with Gasteiger partial charge in [0.25, 0.3) is 0 Å². The summed E-state index contributed by atoms with van der Waals surface area (Å²) in [7, 11) is -3.41. The molecule has 7 heteroatoms. The minimum atomic E-state index is -3.41. The van der Waals surface area contributed by atoms with Gasteiger partial charge in [-0.3, -0.25) is 9.69 Å². The first kappa shape index (κ1) is 19.3. The van der Waals surface area contributed by atoms with Crippen LogP contribution in [0.1, 0.15) is 39.5 Å². The number of hydrogen-bond donors (Lipinski definition) is 1. The standard InChI is InChI=1S/C19H29N3O3S/c1-15-6-5-11-21(14-15)16(2)19(23)20-17-7-9-18(10-8-17)26(24,25)22-12-3-4-13-22/h7-10,15-16H,3-6,11-14H2,1-2H3,(H,20,23)/t15-,16-/m0/s1. The van der Waals surface area contributed by atoms with Crippen LogP contribution in [0.2, 0.25) is 0 Å². The average Bonchev–Trinajstić information content (AvgIpc) is 3.17. The van der Waals surface area contributed by atoms with Gasteiger partial charge in [-0.05, 0) is 69.3 Å². The molecule has 0 saturated carbocycles. The van der Waals surface area contributed by atoms with Gasteiger partial charge in [-0.1, -0.05) is 6.92 Å². The Hall–Kier alpha value is -1.44. The molecule has 1 N–H and O–H groups in total. The number of benzene rings is 1. The van der Waals surface area contributed by atoms with Gasteiger partial charge in [0.15, 0.2) is 0 Å². The van der Waals surface area contributed by atoms with Crippen LogP contribution in [0.25, 0.3) is 0 Å². The van der Waals surface area contributed by atoms with Crippen LogP contribution < -0.4 is 5.32 Å². The molecule has 2 atom stereocenters. The number of anilines is 1. The second-order valence-corrected chi connectivity index (χ2v) is 9.48. The van der Waals surface area contributed by atoms with Crippen LogP contribution in [0.15, 0.2) is 29.2 Å². The number of rotatable bonds is 5. The second-order valence-electron chi connectivity index (χ2n) is 7.54.